The molecule has 6 heteroatoms. The zero-order valence-corrected chi connectivity index (χ0v) is 13.1. The number of carbonyl (C=O) groups excluding carboxylic acids is 1. The number of sulfone groups is 1. The fourth-order valence-electron chi connectivity index (χ4n) is 2.14. The first-order valence-electron chi connectivity index (χ1n) is 6.15. The maximum absolute atomic E-state index is 12.2. The van der Waals surface area contributed by atoms with Crippen LogP contribution < -0.4 is 5.32 Å². The fraction of sp³-hybridized carbons (Fsp3) is 0.462. The Morgan fingerprint density at radius 2 is 1.95 bits per heavy atom. The second kappa shape index (κ2) is 5.63. The number of rotatable bonds is 2. The zero-order valence-electron chi connectivity index (χ0n) is 10.6. The lowest BCUT2D eigenvalue weighted by Crippen LogP contribution is -2.41. The highest BCUT2D eigenvalue weighted by atomic mass is 79.9. The molecule has 1 aliphatic heterocycles. The highest BCUT2D eigenvalue weighted by molar-refractivity contribution is 9.10. The molecule has 0 bridgehead atoms. The first-order chi connectivity index (χ1) is 8.87. The van der Waals surface area contributed by atoms with E-state index in [-0.39, 0.29) is 23.5 Å². The van der Waals surface area contributed by atoms with Gasteiger partial charge in [0.25, 0.3) is 5.91 Å². The van der Waals surface area contributed by atoms with Gasteiger partial charge in [-0.1, -0.05) is 22.0 Å². The average Bonchev–Trinajstić information content (AvgIpc) is 2.35. The molecule has 1 N–H and O–H groups in total. The molecule has 1 heterocycles. The Balaban J connectivity index is 2.04. The smallest absolute Gasteiger partial charge is 0.251 e. The van der Waals surface area contributed by atoms with Gasteiger partial charge in [0.05, 0.1) is 11.5 Å². The van der Waals surface area contributed by atoms with Crippen LogP contribution in [-0.2, 0) is 9.84 Å². The lowest BCUT2D eigenvalue weighted by Gasteiger charge is -2.23. The number of halogens is 1. The van der Waals surface area contributed by atoms with Crippen LogP contribution in [-0.4, -0.2) is 31.9 Å². The molecule has 1 aliphatic rings. The number of hydrogen-bond donors (Lipinski definition) is 1. The highest BCUT2D eigenvalue weighted by Crippen LogP contribution is 2.17. The van der Waals surface area contributed by atoms with Gasteiger partial charge in [-0.15, -0.1) is 0 Å². The molecular weight excluding hydrogens is 330 g/mol. The third kappa shape index (κ3) is 3.79. The van der Waals surface area contributed by atoms with Crippen molar-refractivity contribution < 1.29 is 13.2 Å². The van der Waals surface area contributed by atoms with Gasteiger partial charge in [-0.3, -0.25) is 4.79 Å². The fourth-order valence-corrected chi connectivity index (χ4v) is 3.99. The molecule has 2 rings (SSSR count). The first-order valence-corrected chi connectivity index (χ1v) is 8.76. The van der Waals surface area contributed by atoms with E-state index in [4.69, 9.17) is 0 Å². The normalized spacial score (nSPS) is 19.1. The van der Waals surface area contributed by atoms with Crippen molar-refractivity contribution in [3.8, 4) is 0 Å². The van der Waals surface area contributed by atoms with E-state index in [1.807, 2.05) is 19.1 Å². The van der Waals surface area contributed by atoms with Crippen LogP contribution in [0.25, 0.3) is 0 Å². The van der Waals surface area contributed by atoms with E-state index in [9.17, 15) is 13.2 Å². The van der Waals surface area contributed by atoms with Crippen molar-refractivity contribution in [3.05, 3.63) is 33.8 Å². The van der Waals surface area contributed by atoms with E-state index in [0.29, 0.717) is 18.4 Å². The molecule has 0 radical (unpaired) electrons. The maximum Gasteiger partial charge on any atom is 0.251 e. The van der Waals surface area contributed by atoms with Crippen molar-refractivity contribution in [2.24, 2.45) is 0 Å². The summed E-state index contributed by atoms with van der Waals surface area (Å²) in [5.41, 5.74) is 1.53. The molecule has 1 aromatic rings. The summed E-state index contributed by atoms with van der Waals surface area (Å²) in [5, 5.41) is 2.92. The van der Waals surface area contributed by atoms with Gasteiger partial charge in [0.1, 0.15) is 9.84 Å². The van der Waals surface area contributed by atoms with Crippen LogP contribution in [0.3, 0.4) is 0 Å². The van der Waals surface area contributed by atoms with E-state index < -0.39 is 9.84 Å². The van der Waals surface area contributed by atoms with Gasteiger partial charge in [-0.05, 0) is 37.5 Å². The van der Waals surface area contributed by atoms with Crippen LogP contribution in [0.15, 0.2) is 22.7 Å². The minimum Gasteiger partial charge on any atom is -0.349 e. The molecule has 19 heavy (non-hydrogen) atoms. The summed E-state index contributed by atoms with van der Waals surface area (Å²) < 4.78 is 23.5. The molecule has 0 aromatic heterocycles. The van der Waals surface area contributed by atoms with Gasteiger partial charge in [0.2, 0.25) is 0 Å². The monoisotopic (exact) mass is 345 g/mol. The number of aryl methyl sites for hydroxylation is 1. The van der Waals surface area contributed by atoms with Crippen LogP contribution in [0, 0.1) is 6.92 Å². The predicted octanol–water partition coefficient (Wildman–Crippen LogP) is 2.06. The van der Waals surface area contributed by atoms with Gasteiger partial charge in [-0.2, -0.15) is 0 Å². The lowest BCUT2D eigenvalue weighted by molar-refractivity contribution is 0.0933. The molecule has 0 saturated carbocycles. The standard InChI is InChI=1S/C13H16BrNO3S/c1-9-2-3-10(14)8-12(9)13(16)15-11-4-6-19(17,18)7-5-11/h2-3,8,11H,4-7H2,1H3,(H,15,16). The minimum absolute atomic E-state index is 0.0468. The molecule has 0 spiro atoms. The second-order valence-electron chi connectivity index (χ2n) is 4.86. The Bertz CT molecular complexity index is 584. The lowest BCUT2D eigenvalue weighted by atomic mass is 10.1. The quantitative estimate of drug-likeness (QED) is 0.892. The van der Waals surface area contributed by atoms with Crippen molar-refractivity contribution in [2.45, 2.75) is 25.8 Å². The summed E-state index contributed by atoms with van der Waals surface area (Å²) in [7, 11) is -2.89. The molecule has 1 aromatic carbocycles. The number of hydrogen-bond acceptors (Lipinski definition) is 3. The topological polar surface area (TPSA) is 63.2 Å². The maximum atomic E-state index is 12.2. The van der Waals surface area contributed by atoms with Gasteiger partial charge >= 0.3 is 0 Å². The number of carbonyl (C=O) groups is 1. The SMILES string of the molecule is Cc1ccc(Br)cc1C(=O)NC1CCS(=O)(=O)CC1. The summed E-state index contributed by atoms with van der Waals surface area (Å²) >= 11 is 3.35. The van der Waals surface area contributed by atoms with Crippen molar-refractivity contribution in [1.82, 2.24) is 5.32 Å². The Morgan fingerprint density at radius 3 is 2.58 bits per heavy atom. The van der Waals surface area contributed by atoms with E-state index in [0.717, 1.165) is 10.0 Å². The highest BCUT2D eigenvalue weighted by Gasteiger charge is 2.25. The molecule has 1 amide bonds. The third-order valence-electron chi connectivity index (χ3n) is 3.33. The molecule has 4 nitrogen and oxygen atoms in total. The second-order valence-corrected chi connectivity index (χ2v) is 8.08. The molecule has 1 saturated heterocycles. The van der Waals surface area contributed by atoms with E-state index in [1.54, 1.807) is 6.07 Å². The molecule has 0 aliphatic carbocycles. The van der Waals surface area contributed by atoms with Crippen molar-refractivity contribution >= 4 is 31.7 Å². The van der Waals surface area contributed by atoms with E-state index >= 15 is 0 Å². The summed E-state index contributed by atoms with van der Waals surface area (Å²) in [6.45, 7) is 1.88. The van der Waals surface area contributed by atoms with Crippen molar-refractivity contribution in [1.29, 1.82) is 0 Å². The van der Waals surface area contributed by atoms with Gasteiger partial charge < -0.3 is 5.32 Å². The average molecular weight is 346 g/mol. The summed E-state index contributed by atoms with van der Waals surface area (Å²) in [5.74, 6) is 0.188. The molecule has 104 valence electrons. The first kappa shape index (κ1) is 14.5. The van der Waals surface area contributed by atoms with Gasteiger partial charge in [-0.25, -0.2) is 8.42 Å². The summed E-state index contributed by atoms with van der Waals surface area (Å²) in [4.78, 5) is 12.2. The van der Waals surface area contributed by atoms with Crippen molar-refractivity contribution in [3.63, 3.8) is 0 Å². The number of nitrogens with one attached hydrogen (secondary N) is 1. The largest absolute Gasteiger partial charge is 0.349 e. The molecule has 0 unspecified atom stereocenters. The van der Waals surface area contributed by atoms with Gasteiger partial charge in [0, 0.05) is 16.1 Å². The van der Waals surface area contributed by atoms with Crippen LogP contribution >= 0.6 is 15.9 Å². The van der Waals surface area contributed by atoms with Crippen LogP contribution in [0.1, 0.15) is 28.8 Å². The number of amides is 1. The van der Waals surface area contributed by atoms with E-state index in [2.05, 4.69) is 21.2 Å². The third-order valence-corrected chi connectivity index (χ3v) is 5.54. The molecular formula is C13H16BrNO3S. The van der Waals surface area contributed by atoms with Crippen molar-refractivity contribution in [2.75, 3.05) is 11.5 Å². The Morgan fingerprint density at radius 1 is 1.32 bits per heavy atom. The van der Waals surface area contributed by atoms with Crippen LogP contribution in [0.5, 0.6) is 0 Å². The van der Waals surface area contributed by atoms with Crippen LogP contribution in [0.4, 0.5) is 0 Å². The Labute approximate surface area is 121 Å². The zero-order chi connectivity index (χ0) is 14.0. The minimum atomic E-state index is -2.89. The molecule has 0 atom stereocenters. The van der Waals surface area contributed by atoms with Crippen LogP contribution in [0.2, 0.25) is 0 Å². The summed E-state index contributed by atoms with van der Waals surface area (Å²) in [6, 6.07) is 5.50. The molecule has 1 fully saturated rings. The Hall–Kier alpha value is -0.880. The number of benzene rings is 1. The summed E-state index contributed by atoms with van der Waals surface area (Å²) in [6.07, 6.45) is 1.00. The Kier molecular flexibility index (Phi) is 4.30. The van der Waals surface area contributed by atoms with E-state index in [1.165, 1.54) is 0 Å². The predicted molar refractivity (Wildman–Crippen MR) is 78.0 cm³/mol. The van der Waals surface area contributed by atoms with Gasteiger partial charge in [0.15, 0.2) is 0 Å².